The molecule has 6 nitrogen and oxygen atoms in total. The van der Waals surface area contributed by atoms with Crippen LogP contribution in [-0.4, -0.2) is 62.3 Å². The molecule has 5 N–H and O–H groups in total. The molecule has 0 amide bonds. The second kappa shape index (κ2) is 8.26. The standard InChI is InChI=1S/C14H28O6/c1-2-3-4-5-6-7-8-14(19)13(18)12(17)11(16)10(9-15)20-14/h10-13,15-19H,2-9H2,1H3/t10-,11+,12+,13-,14-/m1/s1. The van der Waals surface area contributed by atoms with Gasteiger partial charge >= 0.3 is 0 Å². The number of ether oxygens (including phenoxy) is 1. The Hall–Kier alpha value is -0.240. The topological polar surface area (TPSA) is 110 Å². The number of aliphatic hydroxyl groups excluding tert-OH is 4. The summed E-state index contributed by atoms with van der Waals surface area (Å²) in [6.45, 7) is 1.61. The van der Waals surface area contributed by atoms with Crippen molar-refractivity contribution in [3.8, 4) is 0 Å². The minimum Gasteiger partial charge on any atom is -0.394 e. The summed E-state index contributed by atoms with van der Waals surface area (Å²) in [5.74, 6) is -1.91. The summed E-state index contributed by atoms with van der Waals surface area (Å²) in [6.07, 6.45) is 0.669. The third-order valence-corrected chi connectivity index (χ3v) is 3.94. The van der Waals surface area contributed by atoms with Crippen molar-refractivity contribution >= 4 is 0 Å². The van der Waals surface area contributed by atoms with Crippen LogP contribution in [0.1, 0.15) is 51.9 Å². The van der Waals surface area contributed by atoms with E-state index < -0.39 is 36.8 Å². The first kappa shape index (κ1) is 17.8. The van der Waals surface area contributed by atoms with Crippen molar-refractivity contribution in [3.63, 3.8) is 0 Å². The van der Waals surface area contributed by atoms with Crippen LogP contribution in [0.25, 0.3) is 0 Å². The first-order chi connectivity index (χ1) is 9.46. The average molecular weight is 292 g/mol. The molecule has 1 aliphatic heterocycles. The molecule has 6 heteroatoms. The van der Waals surface area contributed by atoms with Crippen LogP contribution in [0, 0.1) is 0 Å². The lowest BCUT2D eigenvalue weighted by Crippen LogP contribution is -2.65. The molecule has 0 saturated carbocycles. The number of aliphatic hydroxyl groups is 5. The van der Waals surface area contributed by atoms with E-state index in [4.69, 9.17) is 9.84 Å². The minimum atomic E-state index is -1.91. The molecule has 120 valence electrons. The van der Waals surface area contributed by atoms with Crippen LogP contribution in [0.3, 0.4) is 0 Å². The Kier molecular flexibility index (Phi) is 7.36. The van der Waals surface area contributed by atoms with Gasteiger partial charge in [-0.2, -0.15) is 0 Å². The molecule has 1 heterocycles. The summed E-state index contributed by atoms with van der Waals surface area (Å²) in [4.78, 5) is 0. The molecule has 5 atom stereocenters. The Morgan fingerprint density at radius 3 is 2.15 bits per heavy atom. The fraction of sp³-hybridized carbons (Fsp3) is 1.00. The van der Waals surface area contributed by atoms with E-state index in [-0.39, 0.29) is 6.42 Å². The predicted molar refractivity (Wildman–Crippen MR) is 72.9 cm³/mol. The molecule has 0 unspecified atom stereocenters. The molecule has 0 aromatic rings. The van der Waals surface area contributed by atoms with Gasteiger partial charge in [0, 0.05) is 6.42 Å². The van der Waals surface area contributed by atoms with Crippen molar-refractivity contribution in [2.24, 2.45) is 0 Å². The fourth-order valence-corrected chi connectivity index (χ4v) is 2.59. The highest BCUT2D eigenvalue weighted by Crippen LogP contribution is 2.32. The minimum absolute atomic E-state index is 0.167. The largest absolute Gasteiger partial charge is 0.394 e. The molecule has 1 aliphatic rings. The Morgan fingerprint density at radius 2 is 1.55 bits per heavy atom. The summed E-state index contributed by atoms with van der Waals surface area (Å²) in [5.41, 5.74) is 0. The second-order valence-corrected chi connectivity index (χ2v) is 5.63. The van der Waals surface area contributed by atoms with Crippen LogP contribution in [0.2, 0.25) is 0 Å². The van der Waals surface area contributed by atoms with Crippen LogP contribution in [0.4, 0.5) is 0 Å². The Morgan fingerprint density at radius 1 is 0.950 bits per heavy atom. The monoisotopic (exact) mass is 292 g/mol. The van der Waals surface area contributed by atoms with Crippen LogP contribution < -0.4 is 0 Å². The molecular weight excluding hydrogens is 264 g/mol. The lowest BCUT2D eigenvalue weighted by Gasteiger charge is -2.45. The van der Waals surface area contributed by atoms with E-state index in [1.54, 1.807) is 0 Å². The molecular formula is C14H28O6. The van der Waals surface area contributed by atoms with Crippen molar-refractivity contribution in [2.75, 3.05) is 6.61 Å². The Labute approximate surface area is 120 Å². The maximum absolute atomic E-state index is 10.3. The maximum Gasteiger partial charge on any atom is 0.195 e. The van der Waals surface area contributed by atoms with E-state index in [2.05, 4.69) is 6.92 Å². The van der Waals surface area contributed by atoms with Gasteiger partial charge in [0.2, 0.25) is 0 Å². The summed E-state index contributed by atoms with van der Waals surface area (Å²) >= 11 is 0. The lowest BCUT2D eigenvalue weighted by molar-refractivity contribution is -0.351. The fourth-order valence-electron chi connectivity index (χ4n) is 2.59. The van der Waals surface area contributed by atoms with Crippen molar-refractivity contribution < 1.29 is 30.3 Å². The first-order valence-corrected chi connectivity index (χ1v) is 7.51. The molecule has 0 radical (unpaired) electrons. The van der Waals surface area contributed by atoms with Gasteiger partial charge in [-0.15, -0.1) is 0 Å². The predicted octanol–water partition coefficient (Wildman–Crippen LogP) is -0.101. The SMILES string of the molecule is CCCCCCCC[C@@]1(O)O[C@H](CO)[C@H](O)[C@H](O)[C@H]1O. The van der Waals surface area contributed by atoms with Crippen molar-refractivity contribution in [2.45, 2.75) is 82.1 Å². The van der Waals surface area contributed by atoms with Gasteiger partial charge in [0.15, 0.2) is 5.79 Å². The molecule has 20 heavy (non-hydrogen) atoms. The highest BCUT2D eigenvalue weighted by Gasteiger charge is 2.51. The molecule has 0 bridgehead atoms. The molecule has 1 fully saturated rings. The highest BCUT2D eigenvalue weighted by molar-refractivity contribution is 4.95. The van der Waals surface area contributed by atoms with Crippen molar-refractivity contribution in [1.82, 2.24) is 0 Å². The Bertz CT molecular complexity index is 272. The normalized spacial score (nSPS) is 38.1. The summed E-state index contributed by atoms with van der Waals surface area (Å²) in [6, 6.07) is 0. The molecule has 0 spiro atoms. The van der Waals surface area contributed by atoms with Crippen LogP contribution in [0.5, 0.6) is 0 Å². The first-order valence-electron chi connectivity index (χ1n) is 7.51. The molecule has 0 aromatic carbocycles. The van der Waals surface area contributed by atoms with Gasteiger partial charge in [-0.05, 0) is 6.42 Å². The number of unbranched alkanes of at least 4 members (excludes halogenated alkanes) is 5. The number of hydrogen-bond donors (Lipinski definition) is 5. The van der Waals surface area contributed by atoms with Gasteiger partial charge in [0.1, 0.15) is 24.4 Å². The quantitative estimate of drug-likeness (QED) is 0.400. The van der Waals surface area contributed by atoms with Gasteiger partial charge in [-0.1, -0.05) is 39.0 Å². The zero-order valence-electron chi connectivity index (χ0n) is 12.1. The van der Waals surface area contributed by atoms with Gasteiger partial charge in [-0.3, -0.25) is 0 Å². The zero-order valence-corrected chi connectivity index (χ0v) is 12.1. The number of rotatable bonds is 8. The number of hydrogen-bond acceptors (Lipinski definition) is 6. The third kappa shape index (κ3) is 4.38. The van der Waals surface area contributed by atoms with E-state index in [1.807, 2.05) is 0 Å². The van der Waals surface area contributed by atoms with Crippen LogP contribution >= 0.6 is 0 Å². The van der Waals surface area contributed by atoms with E-state index in [1.165, 1.54) is 6.42 Å². The molecule has 1 saturated heterocycles. The summed E-state index contributed by atoms with van der Waals surface area (Å²) in [5, 5.41) is 48.5. The van der Waals surface area contributed by atoms with Crippen molar-refractivity contribution in [1.29, 1.82) is 0 Å². The van der Waals surface area contributed by atoms with E-state index in [0.717, 1.165) is 25.7 Å². The van der Waals surface area contributed by atoms with E-state index >= 15 is 0 Å². The molecule has 0 aliphatic carbocycles. The summed E-state index contributed by atoms with van der Waals surface area (Å²) < 4.78 is 5.19. The van der Waals surface area contributed by atoms with Gasteiger partial charge in [-0.25, -0.2) is 0 Å². The second-order valence-electron chi connectivity index (χ2n) is 5.63. The lowest BCUT2D eigenvalue weighted by atomic mass is 9.89. The zero-order chi connectivity index (χ0) is 15.2. The maximum atomic E-state index is 10.3. The smallest absolute Gasteiger partial charge is 0.195 e. The van der Waals surface area contributed by atoms with E-state index in [9.17, 15) is 20.4 Å². The molecule has 1 rings (SSSR count). The van der Waals surface area contributed by atoms with Gasteiger partial charge in [0.05, 0.1) is 6.61 Å². The van der Waals surface area contributed by atoms with Crippen LogP contribution in [-0.2, 0) is 4.74 Å². The molecule has 0 aromatic heterocycles. The van der Waals surface area contributed by atoms with Gasteiger partial charge < -0.3 is 30.3 Å². The summed E-state index contributed by atoms with van der Waals surface area (Å²) in [7, 11) is 0. The van der Waals surface area contributed by atoms with E-state index in [0.29, 0.717) is 6.42 Å². The Balaban J connectivity index is 2.44. The highest BCUT2D eigenvalue weighted by atomic mass is 16.7. The third-order valence-electron chi connectivity index (χ3n) is 3.94. The van der Waals surface area contributed by atoms with Gasteiger partial charge in [0.25, 0.3) is 0 Å². The van der Waals surface area contributed by atoms with Crippen LogP contribution in [0.15, 0.2) is 0 Å². The van der Waals surface area contributed by atoms with Crippen molar-refractivity contribution in [3.05, 3.63) is 0 Å². The average Bonchev–Trinajstić information content (AvgIpc) is 2.45.